The number of nitrogens with zero attached hydrogens (tertiary/aromatic N) is 3. The maximum absolute atomic E-state index is 13.0. The average molecular weight is 413 g/mol. The van der Waals surface area contributed by atoms with Gasteiger partial charge in [-0.15, -0.1) is 5.10 Å². The summed E-state index contributed by atoms with van der Waals surface area (Å²) in [4.78, 5) is 24.0. The van der Waals surface area contributed by atoms with Gasteiger partial charge in [0.1, 0.15) is 0 Å². The summed E-state index contributed by atoms with van der Waals surface area (Å²) in [7, 11) is 0. The summed E-state index contributed by atoms with van der Waals surface area (Å²) >= 11 is 0. The van der Waals surface area contributed by atoms with Gasteiger partial charge in [-0.3, -0.25) is 0 Å². The van der Waals surface area contributed by atoms with Gasteiger partial charge in [0, 0.05) is 11.8 Å². The number of halogens is 3. The second-order valence-corrected chi connectivity index (χ2v) is 6.64. The minimum Gasteiger partial charge on any atom is -0.478 e. The van der Waals surface area contributed by atoms with Crippen LogP contribution < -0.4 is 5.69 Å². The van der Waals surface area contributed by atoms with E-state index in [0.717, 1.165) is 16.8 Å². The van der Waals surface area contributed by atoms with E-state index < -0.39 is 23.4 Å². The van der Waals surface area contributed by atoms with Crippen molar-refractivity contribution in [2.45, 2.75) is 12.7 Å². The molecule has 0 radical (unpaired) electrons. The van der Waals surface area contributed by atoms with Crippen LogP contribution in [-0.2, 0) is 12.7 Å². The smallest absolute Gasteiger partial charge is 0.416 e. The zero-order valence-electron chi connectivity index (χ0n) is 15.3. The summed E-state index contributed by atoms with van der Waals surface area (Å²) in [6.07, 6.45) is -2.99. The molecular weight excluding hydrogens is 399 g/mol. The lowest BCUT2D eigenvalue weighted by atomic mass is 10.0. The number of rotatable bonds is 4. The third-order valence-corrected chi connectivity index (χ3v) is 4.62. The van der Waals surface area contributed by atoms with Gasteiger partial charge in [-0.2, -0.15) is 13.2 Å². The highest BCUT2D eigenvalue weighted by Gasteiger charge is 2.30. The summed E-state index contributed by atoms with van der Waals surface area (Å²) in [6, 6.07) is 14.2. The number of carbonyl (C=O) groups is 1. The molecule has 4 aromatic rings. The van der Waals surface area contributed by atoms with Crippen molar-refractivity contribution in [1.29, 1.82) is 0 Å². The Bertz CT molecular complexity index is 1320. The van der Waals surface area contributed by atoms with Gasteiger partial charge in [0.05, 0.1) is 17.7 Å². The van der Waals surface area contributed by atoms with Crippen molar-refractivity contribution in [3.8, 4) is 11.1 Å². The Morgan fingerprint density at radius 3 is 2.53 bits per heavy atom. The Morgan fingerprint density at radius 1 is 1.03 bits per heavy atom. The zero-order chi connectivity index (χ0) is 21.5. The first-order valence-electron chi connectivity index (χ1n) is 8.82. The van der Waals surface area contributed by atoms with Crippen LogP contribution in [0.25, 0.3) is 16.8 Å². The van der Waals surface area contributed by atoms with Crippen LogP contribution >= 0.6 is 0 Å². The number of fused-ring (bicyclic) bond motifs is 1. The largest absolute Gasteiger partial charge is 0.478 e. The molecule has 4 rings (SSSR count). The molecule has 0 aliphatic heterocycles. The fraction of sp³-hybridized carbons (Fsp3) is 0.0952. The zero-order valence-corrected chi connectivity index (χ0v) is 15.3. The first-order chi connectivity index (χ1) is 14.2. The van der Waals surface area contributed by atoms with Gasteiger partial charge >= 0.3 is 17.8 Å². The normalized spacial score (nSPS) is 11.7. The SMILES string of the molecule is O=C(O)c1cccc(-c2cccn3c(=O)n(Cc4cccc(C(F)(F)F)c4)nc23)c1. The standard InChI is InChI=1S/C21H14F3N3O3/c22-21(23,24)16-7-1-4-13(10-16)12-27-20(30)26-9-3-8-17(18(26)25-27)14-5-2-6-15(11-14)19(28)29/h1-11H,12H2,(H,28,29). The molecule has 1 N–H and O–H groups in total. The molecule has 0 amide bonds. The maximum Gasteiger partial charge on any atom is 0.416 e. The van der Waals surface area contributed by atoms with Gasteiger partial charge in [-0.1, -0.05) is 24.3 Å². The Balaban J connectivity index is 1.79. The molecule has 2 heterocycles. The van der Waals surface area contributed by atoms with Crippen LogP contribution in [-0.4, -0.2) is 25.3 Å². The highest BCUT2D eigenvalue weighted by atomic mass is 19.4. The van der Waals surface area contributed by atoms with E-state index >= 15 is 0 Å². The second kappa shape index (κ2) is 7.18. The molecule has 30 heavy (non-hydrogen) atoms. The highest BCUT2D eigenvalue weighted by molar-refractivity contribution is 5.90. The maximum atomic E-state index is 13.0. The minimum atomic E-state index is -4.48. The Kier molecular flexibility index (Phi) is 4.65. The molecular formula is C21H14F3N3O3. The lowest BCUT2D eigenvalue weighted by Crippen LogP contribution is -2.21. The lowest BCUT2D eigenvalue weighted by Gasteiger charge is -2.08. The first-order valence-corrected chi connectivity index (χ1v) is 8.82. The Hall–Kier alpha value is -3.88. The van der Waals surface area contributed by atoms with Crippen molar-refractivity contribution < 1.29 is 23.1 Å². The molecule has 0 saturated carbocycles. The second-order valence-electron chi connectivity index (χ2n) is 6.64. The molecule has 152 valence electrons. The van der Waals surface area contributed by atoms with Crippen LogP contribution in [0.2, 0.25) is 0 Å². The molecule has 0 atom stereocenters. The summed E-state index contributed by atoms with van der Waals surface area (Å²) in [5.41, 5.74) is 0.404. The number of pyridine rings is 1. The molecule has 0 bridgehead atoms. The Morgan fingerprint density at radius 2 is 1.80 bits per heavy atom. The van der Waals surface area contributed by atoms with Crippen molar-refractivity contribution in [2.24, 2.45) is 0 Å². The van der Waals surface area contributed by atoms with Crippen molar-refractivity contribution >= 4 is 11.6 Å². The number of carboxylic acid groups (broad SMARTS) is 1. The van der Waals surface area contributed by atoms with Gasteiger partial charge < -0.3 is 5.11 Å². The molecule has 0 aliphatic carbocycles. The highest BCUT2D eigenvalue weighted by Crippen LogP contribution is 2.29. The lowest BCUT2D eigenvalue weighted by molar-refractivity contribution is -0.137. The van der Waals surface area contributed by atoms with E-state index in [2.05, 4.69) is 5.10 Å². The number of carboxylic acids is 1. The van der Waals surface area contributed by atoms with Crippen LogP contribution in [0.3, 0.4) is 0 Å². The topological polar surface area (TPSA) is 76.6 Å². The minimum absolute atomic E-state index is 0.0836. The summed E-state index contributed by atoms with van der Waals surface area (Å²) in [5, 5.41) is 13.5. The van der Waals surface area contributed by atoms with E-state index in [-0.39, 0.29) is 23.3 Å². The van der Waals surface area contributed by atoms with Crippen molar-refractivity contribution in [3.05, 3.63) is 94.0 Å². The molecule has 6 nitrogen and oxygen atoms in total. The van der Waals surface area contributed by atoms with Gasteiger partial charge in [-0.05, 0) is 47.5 Å². The molecule has 2 aromatic heterocycles. The summed E-state index contributed by atoms with van der Waals surface area (Å²) < 4.78 is 41.2. The molecule has 0 spiro atoms. The number of aromatic carboxylic acids is 1. The van der Waals surface area contributed by atoms with E-state index in [9.17, 15) is 27.9 Å². The summed E-state index contributed by atoms with van der Waals surface area (Å²) in [5.74, 6) is -1.09. The van der Waals surface area contributed by atoms with Crippen LogP contribution in [0.4, 0.5) is 13.2 Å². The van der Waals surface area contributed by atoms with Crippen LogP contribution in [0.5, 0.6) is 0 Å². The fourth-order valence-corrected chi connectivity index (χ4v) is 3.21. The van der Waals surface area contributed by atoms with E-state index in [4.69, 9.17) is 0 Å². The van der Waals surface area contributed by atoms with Gasteiger partial charge in [0.2, 0.25) is 0 Å². The van der Waals surface area contributed by atoms with Crippen molar-refractivity contribution in [1.82, 2.24) is 14.2 Å². The van der Waals surface area contributed by atoms with Gasteiger partial charge in [0.15, 0.2) is 5.65 Å². The number of hydrogen-bond donors (Lipinski definition) is 1. The first kappa shape index (κ1) is 19.4. The fourth-order valence-electron chi connectivity index (χ4n) is 3.21. The predicted octanol–water partition coefficient (Wildman–Crippen LogP) is 3.93. The van der Waals surface area contributed by atoms with Crippen LogP contribution in [0, 0.1) is 0 Å². The Labute approximate surface area is 167 Å². The molecule has 2 aromatic carbocycles. The number of alkyl halides is 3. The molecule has 0 saturated heterocycles. The van der Waals surface area contributed by atoms with Crippen molar-refractivity contribution in [3.63, 3.8) is 0 Å². The van der Waals surface area contributed by atoms with Gasteiger partial charge in [0.25, 0.3) is 0 Å². The third-order valence-electron chi connectivity index (χ3n) is 4.62. The van der Waals surface area contributed by atoms with E-state index in [1.807, 2.05) is 0 Å². The van der Waals surface area contributed by atoms with Crippen LogP contribution in [0.1, 0.15) is 21.5 Å². The predicted molar refractivity (Wildman–Crippen MR) is 102 cm³/mol. The van der Waals surface area contributed by atoms with Crippen molar-refractivity contribution in [2.75, 3.05) is 0 Å². The van der Waals surface area contributed by atoms with E-state index in [1.165, 1.54) is 34.9 Å². The molecule has 0 aliphatic rings. The quantitative estimate of drug-likeness (QED) is 0.550. The number of hydrogen-bond acceptors (Lipinski definition) is 3. The monoisotopic (exact) mass is 413 g/mol. The van der Waals surface area contributed by atoms with Crippen LogP contribution in [0.15, 0.2) is 71.7 Å². The molecule has 0 unspecified atom stereocenters. The number of aromatic nitrogens is 3. The number of benzene rings is 2. The summed E-state index contributed by atoms with van der Waals surface area (Å²) in [6.45, 7) is -0.140. The average Bonchev–Trinajstić information content (AvgIpc) is 3.03. The molecule has 0 fully saturated rings. The third kappa shape index (κ3) is 3.57. The van der Waals surface area contributed by atoms with E-state index in [0.29, 0.717) is 11.1 Å². The van der Waals surface area contributed by atoms with E-state index in [1.54, 1.807) is 24.3 Å². The van der Waals surface area contributed by atoms with Gasteiger partial charge in [-0.25, -0.2) is 18.7 Å². The molecule has 9 heteroatoms.